The van der Waals surface area contributed by atoms with Crippen LogP contribution in [0.3, 0.4) is 0 Å². The van der Waals surface area contributed by atoms with Crippen LogP contribution in [0.1, 0.15) is 36.3 Å². The highest BCUT2D eigenvalue weighted by atomic mass is 16.7. The number of nitrogens with zero attached hydrogens (tertiary/aromatic N) is 2. The standard InChI is InChI=1S/C24H28N2O3/c1-25-16-24(14-20(23(25)27)19-5-3-2-4-6-19)9-11-26(12-10-24)15-18-7-8-21-22(13-18)29-17-28-21/h2-8,13,20H,9-12,14-17H2,1H3/t20-/m1/s1. The van der Waals surface area contributed by atoms with Crippen LogP contribution in [0.4, 0.5) is 0 Å². The summed E-state index contributed by atoms with van der Waals surface area (Å²) in [5, 5.41) is 0. The number of ether oxygens (including phenoxy) is 2. The van der Waals surface area contributed by atoms with E-state index in [1.165, 1.54) is 5.56 Å². The Balaban J connectivity index is 1.26. The number of carbonyl (C=O) groups excluding carboxylic acids is 1. The van der Waals surface area contributed by atoms with E-state index in [-0.39, 0.29) is 17.2 Å². The first kappa shape index (κ1) is 18.5. The quantitative estimate of drug-likeness (QED) is 0.800. The summed E-state index contributed by atoms with van der Waals surface area (Å²) in [6.07, 6.45) is 3.25. The number of carbonyl (C=O) groups is 1. The average Bonchev–Trinajstić information content (AvgIpc) is 3.21. The fourth-order valence-electron chi connectivity index (χ4n) is 5.22. The van der Waals surface area contributed by atoms with Crippen LogP contribution in [0.15, 0.2) is 48.5 Å². The van der Waals surface area contributed by atoms with E-state index < -0.39 is 0 Å². The van der Waals surface area contributed by atoms with Crippen molar-refractivity contribution < 1.29 is 14.3 Å². The third-order valence-electron chi connectivity index (χ3n) is 6.85. The molecule has 2 aromatic rings. The van der Waals surface area contributed by atoms with Gasteiger partial charge in [0.25, 0.3) is 0 Å². The number of likely N-dealkylation sites (tertiary alicyclic amines) is 2. The van der Waals surface area contributed by atoms with Crippen molar-refractivity contribution in [3.05, 3.63) is 59.7 Å². The zero-order chi connectivity index (χ0) is 19.8. The van der Waals surface area contributed by atoms with Crippen molar-refractivity contribution in [1.29, 1.82) is 0 Å². The van der Waals surface area contributed by atoms with Gasteiger partial charge in [-0.15, -0.1) is 0 Å². The Kier molecular flexibility index (Phi) is 4.70. The molecule has 29 heavy (non-hydrogen) atoms. The first-order valence-corrected chi connectivity index (χ1v) is 10.5. The van der Waals surface area contributed by atoms with Gasteiger partial charge in [-0.3, -0.25) is 9.69 Å². The second-order valence-electron chi connectivity index (χ2n) is 8.83. The molecule has 2 saturated heterocycles. The Bertz CT molecular complexity index is 890. The Hall–Kier alpha value is -2.53. The maximum Gasteiger partial charge on any atom is 0.231 e. The Labute approximate surface area is 172 Å². The minimum Gasteiger partial charge on any atom is -0.454 e. The Morgan fingerprint density at radius 1 is 1.03 bits per heavy atom. The number of piperidine rings is 2. The molecule has 0 bridgehead atoms. The molecule has 0 saturated carbocycles. The minimum atomic E-state index is -0.00430. The molecule has 1 atom stereocenters. The van der Waals surface area contributed by atoms with Gasteiger partial charge in [-0.1, -0.05) is 36.4 Å². The zero-order valence-electron chi connectivity index (χ0n) is 17.0. The normalized spacial score (nSPS) is 23.6. The predicted octanol–water partition coefficient (Wildman–Crippen LogP) is 3.64. The van der Waals surface area contributed by atoms with E-state index in [0.717, 1.165) is 62.5 Å². The monoisotopic (exact) mass is 392 g/mol. The lowest BCUT2D eigenvalue weighted by molar-refractivity contribution is -0.139. The van der Waals surface area contributed by atoms with Crippen molar-refractivity contribution in [2.75, 3.05) is 33.5 Å². The summed E-state index contributed by atoms with van der Waals surface area (Å²) in [5.41, 5.74) is 2.66. The van der Waals surface area contributed by atoms with Crippen LogP contribution in [0.25, 0.3) is 0 Å². The van der Waals surface area contributed by atoms with E-state index in [1.54, 1.807) is 0 Å². The molecule has 3 aliphatic heterocycles. The van der Waals surface area contributed by atoms with Crippen molar-refractivity contribution >= 4 is 5.91 Å². The lowest BCUT2D eigenvalue weighted by Crippen LogP contribution is -2.52. The maximum absolute atomic E-state index is 12.8. The number of hydrogen-bond acceptors (Lipinski definition) is 4. The first-order valence-electron chi connectivity index (χ1n) is 10.5. The molecule has 0 radical (unpaired) electrons. The molecule has 152 valence electrons. The highest BCUT2D eigenvalue weighted by Gasteiger charge is 2.44. The molecule has 5 nitrogen and oxygen atoms in total. The molecule has 5 rings (SSSR count). The van der Waals surface area contributed by atoms with Crippen LogP contribution in [0.5, 0.6) is 11.5 Å². The SMILES string of the molecule is CN1CC2(CCN(Cc3ccc4c(c3)OCO4)CC2)C[C@H](c2ccccc2)C1=O. The number of likely N-dealkylation sites (N-methyl/N-ethyl adjacent to an activating group) is 1. The molecule has 1 amide bonds. The van der Waals surface area contributed by atoms with E-state index >= 15 is 0 Å². The number of rotatable bonds is 3. The molecule has 3 heterocycles. The highest BCUT2D eigenvalue weighted by Crippen LogP contribution is 2.45. The van der Waals surface area contributed by atoms with Gasteiger partial charge in [0.2, 0.25) is 12.7 Å². The second kappa shape index (κ2) is 7.38. The summed E-state index contributed by atoms with van der Waals surface area (Å²) < 4.78 is 10.9. The van der Waals surface area contributed by atoms with Crippen molar-refractivity contribution in [1.82, 2.24) is 9.80 Å². The maximum atomic E-state index is 12.8. The highest BCUT2D eigenvalue weighted by molar-refractivity contribution is 5.84. The van der Waals surface area contributed by atoms with Crippen LogP contribution in [-0.2, 0) is 11.3 Å². The van der Waals surface area contributed by atoms with Gasteiger partial charge in [-0.05, 0) is 61.0 Å². The van der Waals surface area contributed by atoms with Gasteiger partial charge in [0.15, 0.2) is 11.5 Å². The van der Waals surface area contributed by atoms with Crippen LogP contribution >= 0.6 is 0 Å². The van der Waals surface area contributed by atoms with E-state index in [9.17, 15) is 4.79 Å². The van der Waals surface area contributed by atoms with Crippen molar-refractivity contribution in [3.8, 4) is 11.5 Å². The molecule has 0 unspecified atom stereocenters. The lowest BCUT2D eigenvalue weighted by atomic mass is 9.67. The van der Waals surface area contributed by atoms with Gasteiger partial charge in [0.1, 0.15) is 0 Å². The number of benzene rings is 2. The zero-order valence-corrected chi connectivity index (χ0v) is 17.0. The van der Waals surface area contributed by atoms with Gasteiger partial charge < -0.3 is 14.4 Å². The number of hydrogen-bond donors (Lipinski definition) is 0. The number of fused-ring (bicyclic) bond motifs is 1. The third-order valence-corrected chi connectivity index (χ3v) is 6.85. The van der Waals surface area contributed by atoms with Crippen LogP contribution in [0.2, 0.25) is 0 Å². The summed E-state index contributed by atoms with van der Waals surface area (Å²) in [7, 11) is 1.97. The summed E-state index contributed by atoms with van der Waals surface area (Å²) in [6.45, 7) is 4.27. The fourth-order valence-corrected chi connectivity index (χ4v) is 5.22. The Morgan fingerprint density at radius 3 is 2.59 bits per heavy atom. The largest absolute Gasteiger partial charge is 0.454 e. The van der Waals surface area contributed by atoms with E-state index in [1.807, 2.05) is 36.2 Å². The molecule has 3 aliphatic rings. The van der Waals surface area contributed by atoms with Crippen molar-refractivity contribution in [3.63, 3.8) is 0 Å². The fraction of sp³-hybridized carbons (Fsp3) is 0.458. The average molecular weight is 392 g/mol. The molecule has 0 aliphatic carbocycles. The molecule has 5 heteroatoms. The minimum absolute atomic E-state index is 0.00430. The second-order valence-corrected chi connectivity index (χ2v) is 8.83. The van der Waals surface area contributed by atoms with E-state index in [0.29, 0.717) is 6.79 Å². The lowest BCUT2D eigenvalue weighted by Gasteiger charge is -2.49. The van der Waals surface area contributed by atoms with Crippen LogP contribution < -0.4 is 9.47 Å². The Morgan fingerprint density at radius 2 is 1.79 bits per heavy atom. The predicted molar refractivity (Wildman–Crippen MR) is 111 cm³/mol. The first-order chi connectivity index (χ1) is 14.1. The van der Waals surface area contributed by atoms with Crippen molar-refractivity contribution in [2.45, 2.75) is 31.7 Å². The molecule has 0 N–H and O–H groups in total. The topological polar surface area (TPSA) is 42.0 Å². The molecular formula is C24H28N2O3. The van der Waals surface area contributed by atoms with Gasteiger partial charge in [-0.25, -0.2) is 0 Å². The summed E-state index contributed by atoms with van der Waals surface area (Å²) in [4.78, 5) is 17.3. The molecule has 2 aromatic carbocycles. The van der Waals surface area contributed by atoms with Gasteiger partial charge in [0.05, 0.1) is 5.92 Å². The molecule has 2 fully saturated rings. The van der Waals surface area contributed by atoms with Crippen LogP contribution in [-0.4, -0.2) is 49.2 Å². The van der Waals surface area contributed by atoms with Crippen LogP contribution in [0, 0.1) is 5.41 Å². The smallest absolute Gasteiger partial charge is 0.231 e. The molecule has 0 aromatic heterocycles. The number of amides is 1. The van der Waals surface area contributed by atoms with Crippen molar-refractivity contribution in [2.24, 2.45) is 5.41 Å². The summed E-state index contributed by atoms with van der Waals surface area (Å²) in [6, 6.07) is 16.5. The third kappa shape index (κ3) is 3.60. The van der Waals surface area contributed by atoms with Gasteiger partial charge in [-0.2, -0.15) is 0 Å². The molecule has 1 spiro atoms. The summed E-state index contributed by atoms with van der Waals surface area (Å²) >= 11 is 0. The van der Waals surface area contributed by atoms with E-state index in [4.69, 9.17) is 9.47 Å². The van der Waals surface area contributed by atoms with Gasteiger partial charge in [0, 0.05) is 20.1 Å². The molecular weight excluding hydrogens is 364 g/mol. The van der Waals surface area contributed by atoms with Gasteiger partial charge >= 0.3 is 0 Å². The summed E-state index contributed by atoms with van der Waals surface area (Å²) in [5.74, 6) is 1.96. The van der Waals surface area contributed by atoms with E-state index in [2.05, 4.69) is 29.2 Å².